The second kappa shape index (κ2) is 6.42. The highest BCUT2D eigenvalue weighted by Crippen LogP contribution is 2.26. The summed E-state index contributed by atoms with van der Waals surface area (Å²) >= 11 is 0. The smallest absolute Gasteiger partial charge is 0.151 e. The van der Waals surface area contributed by atoms with Gasteiger partial charge in [0.25, 0.3) is 0 Å². The van der Waals surface area contributed by atoms with Gasteiger partial charge in [-0.15, -0.1) is 0 Å². The molecule has 4 heterocycles. The van der Waals surface area contributed by atoms with Crippen LogP contribution < -0.4 is 0 Å². The second-order valence-corrected chi connectivity index (χ2v) is 6.85. The molecule has 0 radical (unpaired) electrons. The third kappa shape index (κ3) is 3.16. The highest BCUT2D eigenvalue weighted by atomic mass is 16.5. The SMILES string of the molecule is C[C@@H]1CCCCN1C1CN(Cc2cc(-c3cccnc3)no2)C1. The molecule has 2 aliphatic rings. The number of hydrogen-bond donors (Lipinski definition) is 0. The third-order valence-corrected chi connectivity index (χ3v) is 5.16. The summed E-state index contributed by atoms with van der Waals surface area (Å²) in [6.07, 6.45) is 7.69. The quantitative estimate of drug-likeness (QED) is 0.868. The summed E-state index contributed by atoms with van der Waals surface area (Å²) in [6.45, 7) is 6.79. The summed E-state index contributed by atoms with van der Waals surface area (Å²) in [5.74, 6) is 0.939. The summed E-state index contributed by atoms with van der Waals surface area (Å²) in [5, 5.41) is 4.17. The summed E-state index contributed by atoms with van der Waals surface area (Å²) in [6, 6.07) is 7.44. The molecule has 0 spiro atoms. The number of nitrogens with zero attached hydrogens (tertiary/aromatic N) is 4. The molecule has 0 bridgehead atoms. The molecule has 23 heavy (non-hydrogen) atoms. The Bertz CT molecular complexity index is 635. The Morgan fingerprint density at radius 3 is 3.00 bits per heavy atom. The number of hydrogen-bond acceptors (Lipinski definition) is 5. The van der Waals surface area contributed by atoms with E-state index in [9.17, 15) is 0 Å². The lowest BCUT2D eigenvalue weighted by Crippen LogP contribution is -2.61. The molecule has 2 aliphatic heterocycles. The van der Waals surface area contributed by atoms with Crippen LogP contribution in [0.1, 0.15) is 31.9 Å². The van der Waals surface area contributed by atoms with Crippen LogP contribution in [0.5, 0.6) is 0 Å². The molecule has 0 saturated carbocycles. The van der Waals surface area contributed by atoms with Crippen molar-refractivity contribution in [2.45, 2.75) is 44.8 Å². The Kier molecular flexibility index (Phi) is 4.14. The largest absolute Gasteiger partial charge is 0.359 e. The summed E-state index contributed by atoms with van der Waals surface area (Å²) < 4.78 is 5.49. The molecule has 0 N–H and O–H groups in total. The molecule has 0 amide bonds. The van der Waals surface area contributed by atoms with Crippen LogP contribution in [0.25, 0.3) is 11.3 Å². The van der Waals surface area contributed by atoms with E-state index in [2.05, 4.69) is 26.9 Å². The molecular weight excluding hydrogens is 288 g/mol. The Morgan fingerprint density at radius 2 is 2.22 bits per heavy atom. The van der Waals surface area contributed by atoms with Gasteiger partial charge in [0.2, 0.25) is 0 Å². The van der Waals surface area contributed by atoms with Crippen LogP contribution in [0.4, 0.5) is 0 Å². The van der Waals surface area contributed by atoms with Crippen LogP contribution in [0.2, 0.25) is 0 Å². The lowest BCUT2D eigenvalue weighted by atomic mass is 9.97. The molecule has 0 unspecified atom stereocenters. The third-order valence-electron chi connectivity index (χ3n) is 5.16. The van der Waals surface area contributed by atoms with Gasteiger partial charge in [-0.05, 0) is 38.4 Å². The highest BCUT2D eigenvalue weighted by Gasteiger charge is 2.35. The van der Waals surface area contributed by atoms with Crippen LogP contribution in [0.15, 0.2) is 35.1 Å². The monoisotopic (exact) mass is 312 g/mol. The van der Waals surface area contributed by atoms with Crippen LogP contribution >= 0.6 is 0 Å². The van der Waals surface area contributed by atoms with Gasteiger partial charge in [-0.1, -0.05) is 11.6 Å². The van der Waals surface area contributed by atoms with Crippen molar-refractivity contribution in [2.75, 3.05) is 19.6 Å². The molecule has 2 aromatic rings. The minimum atomic E-state index is 0.728. The molecule has 0 aliphatic carbocycles. The zero-order valence-electron chi connectivity index (χ0n) is 13.7. The van der Waals surface area contributed by atoms with Crippen molar-refractivity contribution < 1.29 is 4.52 Å². The molecule has 4 rings (SSSR count). The van der Waals surface area contributed by atoms with Crippen molar-refractivity contribution >= 4 is 0 Å². The first-order valence-electron chi connectivity index (χ1n) is 8.64. The molecule has 2 saturated heterocycles. The van der Waals surface area contributed by atoms with E-state index in [1.807, 2.05) is 24.4 Å². The molecule has 2 aromatic heterocycles. The Labute approximate surface area is 137 Å². The van der Waals surface area contributed by atoms with E-state index in [1.165, 1.54) is 25.8 Å². The molecule has 2 fully saturated rings. The Hall–Kier alpha value is -1.72. The van der Waals surface area contributed by atoms with Gasteiger partial charge in [0.15, 0.2) is 5.76 Å². The minimum Gasteiger partial charge on any atom is -0.359 e. The average molecular weight is 312 g/mol. The van der Waals surface area contributed by atoms with E-state index in [1.54, 1.807) is 6.20 Å². The number of rotatable bonds is 4. The van der Waals surface area contributed by atoms with Crippen LogP contribution in [-0.2, 0) is 6.54 Å². The van der Waals surface area contributed by atoms with Gasteiger partial charge < -0.3 is 4.52 Å². The van der Waals surface area contributed by atoms with E-state index < -0.39 is 0 Å². The Morgan fingerprint density at radius 1 is 1.30 bits per heavy atom. The number of piperidine rings is 1. The maximum atomic E-state index is 5.49. The maximum Gasteiger partial charge on any atom is 0.151 e. The van der Waals surface area contributed by atoms with E-state index >= 15 is 0 Å². The number of aromatic nitrogens is 2. The van der Waals surface area contributed by atoms with Crippen molar-refractivity contribution in [1.82, 2.24) is 19.9 Å². The second-order valence-electron chi connectivity index (χ2n) is 6.85. The van der Waals surface area contributed by atoms with Crippen molar-refractivity contribution in [1.29, 1.82) is 0 Å². The highest BCUT2D eigenvalue weighted by molar-refractivity contribution is 5.57. The van der Waals surface area contributed by atoms with Gasteiger partial charge in [-0.2, -0.15) is 0 Å². The van der Waals surface area contributed by atoms with Crippen LogP contribution in [0, 0.1) is 0 Å². The summed E-state index contributed by atoms with van der Waals surface area (Å²) in [7, 11) is 0. The van der Waals surface area contributed by atoms with Gasteiger partial charge in [0.1, 0.15) is 5.69 Å². The molecule has 0 aromatic carbocycles. The molecule has 5 nitrogen and oxygen atoms in total. The van der Waals surface area contributed by atoms with Gasteiger partial charge in [0.05, 0.1) is 6.54 Å². The standard InChI is InChI=1S/C18H24N4O/c1-14-5-2-3-8-22(14)16-11-21(12-16)13-17-9-18(20-23-17)15-6-4-7-19-10-15/h4,6-7,9-10,14,16H,2-3,5,8,11-13H2,1H3/t14-/m1/s1. The molecule has 122 valence electrons. The van der Waals surface area contributed by atoms with Gasteiger partial charge in [-0.3, -0.25) is 14.8 Å². The van der Waals surface area contributed by atoms with Crippen molar-refractivity contribution in [3.63, 3.8) is 0 Å². The summed E-state index contributed by atoms with van der Waals surface area (Å²) in [5.41, 5.74) is 1.88. The normalized spacial score (nSPS) is 23.8. The first-order valence-corrected chi connectivity index (χ1v) is 8.64. The average Bonchev–Trinajstić information content (AvgIpc) is 3.01. The molecule has 5 heteroatoms. The fourth-order valence-corrected chi connectivity index (χ4v) is 3.80. The topological polar surface area (TPSA) is 45.4 Å². The maximum absolute atomic E-state index is 5.49. The molecular formula is C18H24N4O. The van der Waals surface area contributed by atoms with E-state index in [0.29, 0.717) is 0 Å². The van der Waals surface area contributed by atoms with Crippen molar-refractivity contribution in [2.24, 2.45) is 0 Å². The first-order chi connectivity index (χ1) is 11.3. The van der Waals surface area contributed by atoms with Gasteiger partial charge >= 0.3 is 0 Å². The Balaban J connectivity index is 1.32. The van der Waals surface area contributed by atoms with Crippen molar-refractivity contribution in [3.05, 3.63) is 36.4 Å². The van der Waals surface area contributed by atoms with E-state index in [-0.39, 0.29) is 0 Å². The fraction of sp³-hybridized carbons (Fsp3) is 0.556. The fourth-order valence-electron chi connectivity index (χ4n) is 3.80. The lowest BCUT2D eigenvalue weighted by molar-refractivity contribution is -0.00960. The van der Waals surface area contributed by atoms with E-state index in [4.69, 9.17) is 4.52 Å². The predicted molar refractivity (Wildman–Crippen MR) is 88.8 cm³/mol. The zero-order valence-corrected chi connectivity index (χ0v) is 13.7. The number of likely N-dealkylation sites (tertiary alicyclic amines) is 2. The first kappa shape index (κ1) is 14.8. The van der Waals surface area contributed by atoms with Crippen LogP contribution in [-0.4, -0.2) is 51.7 Å². The summed E-state index contributed by atoms with van der Waals surface area (Å²) in [4.78, 5) is 9.27. The van der Waals surface area contributed by atoms with Gasteiger partial charge in [-0.25, -0.2) is 0 Å². The van der Waals surface area contributed by atoms with Crippen molar-refractivity contribution in [3.8, 4) is 11.3 Å². The van der Waals surface area contributed by atoms with Crippen LogP contribution in [0.3, 0.4) is 0 Å². The van der Waals surface area contributed by atoms with Gasteiger partial charge in [0, 0.05) is 49.2 Å². The zero-order chi connectivity index (χ0) is 15.6. The minimum absolute atomic E-state index is 0.728. The van der Waals surface area contributed by atoms with E-state index in [0.717, 1.165) is 48.7 Å². The number of pyridine rings is 1. The lowest BCUT2D eigenvalue weighted by Gasteiger charge is -2.49. The predicted octanol–water partition coefficient (Wildman–Crippen LogP) is 2.80. The molecule has 1 atom stereocenters.